The van der Waals surface area contributed by atoms with Crippen molar-refractivity contribution in [3.8, 4) is 0 Å². The number of fused-ring (bicyclic) bond motifs is 1. The number of nitrogens with zero attached hydrogens (tertiary/aromatic N) is 2. The molecule has 0 spiro atoms. The van der Waals surface area contributed by atoms with E-state index in [-0.39, 0.29) is 70.1 Å². The van der Waals surface area contributed by atoms with E-state index in [9.17, 15) is 40.5 Å². The summed E-state index contributed by atoms with van der Waals surface area (Å²) >= 11 is 5.92. The number of nitrogens with one attached hydrogen (secondary N) is 2. The Labute approximate surface area is 418 Å². The molecule has 0 saturated carbocycles. The van der Waals surface area contributed by atoms with Gasteiger partial charge in [0, 0.05) is 66.6 Å². The topological polar surface area (TPSA) is 199 Å². The fourth-order valence-corrected chi connectivity index (χ4v) is 10.2. The number of hydrogen-bond acceptors (Lipinski definition) is 8. The zero-order valence-corrected chi connectivity index (χ0v) is 43.9. The number of carbonyl (C=O) groups is 3. The third-order valence-corrected chi connectivity index (χ3v) is 14.8. The molecule has 1 fully saturated rings. The minimum Gasteiger partial charge on any atom is -0.444 e. The molecule has 382 valence electrons. The van der Waals surface area contributed by atoms with E-state index in [0.717, 1.165) is 34.7 Å². The standard InChI is InChI=1S/C52H69ClFN5O9S2/c1-10-55-42-25-23-37(69(9,63)64)30-39(42)51(5,6)27-16-12-11-14-21-45-52(7,8)40-31-38(70(65,66)67)24-26-43(40)58(45)28-17-13-15-22-46(60)56-32-35-29-44(59(34-35)49(62)68-50(2,3)4)48(61)57-33-36-19-18-20-41(53)47(36)54/h11-12,14,16,18-21,23-26,30-31,35,44,55H,9-10,13,15,17,22,27-29,32-34H2,1-8H3,(H,56,60)(H,57,61)(H,63,64)(H,65,66,67)/p+1/b14-11+,16-12+,45-21+. The van der Waals surface area contributed by atoms with Crippen LogP contribution >= 0.6 is 11.6 Å². The highest BCUT2D eigenvalue weighted by atomic mass is 35.5. The van der Waals surface area contributed by atoms with E-state index in [1.807, 2.05) is 51.1 Å². The van der Waals surface area contributed by atoms with Crippen LogP contribution in [0.25, 0.3) is 0 Å². The molecule has 3 aromatic carbocycles. The summed E-state index contributed by atoms with van der Waals surface area (Å²) < 4.78 is 77.0. The van der Waals surface area contributed by atoms with Crippen LogP contribution in [0.2, 0.25) is 5.02 Å². The van der Waals surface area contributed by atoms with Crippen LogP contribution in [0.4, 0.5) is 20.6 Å². The third-order valence-electron chi connectivity index (χ3n) is 12.6. The summed E-state index contributed by atoms with van der Waals surface area (Å²) in [6, 6.07) is 13.6. The van der Waals surface area contributed by atoms with Gasteiger partial charge < -0.3 is 30.1 Å². The van der Waals surface area contributed by atoms with Gasteiger partial charge in [-0.1, -0.05) is 82.2 Å². The van der Waals surface area contributed by atoms with E-state index >= 15 is 0 Å². The maximum atomic E-state index is 14.5. The van der Waals surface area contributed by atoms with Crippen LogP contribution in [0.3, 0.4) is 0 Å². The van der Waals surface area contributed by atoms with Crippen molar-refractivity contribution in [2.75, 3.05) is 31.1 Å². The van der Waals surface area contributed by atoms with Crippen molar-refractivity contribution < 1.29 is 50.6 Å². The summed E-state index contributed by atoms with van der Waals surface area (Å²) in [7, 11) is -7.83. The molecule has 3 unspecified atom stereocenters. The number of likely N-dealkylation sites (tertiary alicyclic amines) is 1. The van der Waals surface area contributed by atoms with Gasteiger partial charge in [-0.25, -0.2) is 13.4 Å². The molecule has 3 aromatic rings. The van der Waals surface area contributed by atoms with E-state index in [1.54, 1.807) is 45.0 Å². The predicted octanol–water partition coefficient (Wildman–Crippen LogP) is 8.57. The smallest absolute Gasteiger partial charge is 0.410 e. The van der Waals surface area contributed by atoms with Crippen molar-refractivity contribution in [3.63, 3.8) is 0 Å². The molecule has 2 aliphatic heterocycles. The van der Waals surface area contributed by atoms with Gasteiger partial charge in [0.15, 0.2) is 0 Å². The van der Waals surface area contributed by atoms with E-state index in [4.69, 9.17) is 16.3 Å². The lowest BCUT2D eigenvalue weighted by atomic mass is 9.80. The first-order valence-electron chi connectivity index (χ1n) is 23.6. The second-order valence-electron chi connectivity index (χ2n) is 20.2. The highest BCUT2D eigenvalue weighted by Gasteiger charge is 2.42. The van der Waals surface area contributed by atoms with Crippen molar-refractivity contribution in [1.29, 1.82) is 0 Å². The van der Waals surface area contributed by atoms with Crippen LogP contribution in [-0.4, -0.2) is 88.2 Å². The first-order valence-corrected chi connectivity index (χ1v) is 27.1. The molecule has 0 aromatic heterocycles. The van der Waals surface area contributed by atoms with E-state index in [2.05, 4.69) is 46.6 Å². The number of unbranched alkanes of at least 4 members (excludes halogenated alkanes) is 2. The molecule has 2 aliphatic rings. The minimum absolute atomic E-state index is 0.0632. The highest BCUT2D eigenvalue weighted by molar-refractivity contribution is 7.95. The number of benzene rings is 3. The summed E-state index contributed by atoms with van der Waals surface area (Å²) in [5.74, 6) is 1.95. The zero-order valence-electron chi connectivity index (χ0n) is 41.5. The fraction of sp³-hybridized carbons (Fsp3) is 0.462. The molecule has 2 heterocycles. The van der Waals surface area contributed by atoms with Crippen molar-refractivity contribution in [3.05, 3.63) is 118 Å². The molecule has 1 saturated heterocycles. The van der Waals surface area contributed by atoms with Crippen LogP contribution in [0.15, 0.2) is 100 Å². The van der Waals surface area contributed by atoms with Gasteiger partial charge in [-0.15, -0.1) is 0 Å². The predicted molar refractivity (Wildman–Crippen MR) is 275 cm³/mol. The lowest BCUT2D eigenvalue weighted by Crippen LogP contribution is -2.77. The van der Waals surface area contributed by atoms with Gasteiger partial charge in [0.05, 0.1) is 21.4 Å². The summed E-state index contributed by atoms with van der Waals surface area (Å²) in [4.78, 5) is 43.4. The Morgan fingerprint density at radius 1 is 0.971 bits per heavy atom. The van der Waals surface area contributed by atoms with Crippen LogP contribution in [0.5, 0.6) is 0 Å². The lowest BCUT2D eigenvalue weighted by molar-refractivity contribution is -0.568. The summed E-state index contributed by atoms with van der Waals surface area (Å²) in [5.41, 5.74) is 2.88. The second-order valence-corrected chi connectivity index (χ2v) is 23.8. The van der Waals surface area contributed by atoms with Crippen LogP contribution in [-0.2, 0) is 51.6 Å². The number of carbonyl (C=O) groups excluding carboxylic acids is 3. The molecule has 3 atom stereocenters. The van der Waals surface area contributed by atoms with Crippen molar-refractivity contribution in [2.24, 2.45) is 5.92 Å². The Morgan fingerprint density at radius 3 is 2.36 bits per heavy atom. The number of amides is 3. The number of hydrogen-bond donors (Lipinski definition) is 5. The van der Waals surface area contributed by atoms with Crippen LogP contribution < -0.4 is 20.9 Å². The highest BCUT2D eigenvalue weighted by Crippen LogP contribution is 2.48. The molecule has 70 heavy (non-hydrogen) atoms. The normalized spacial score (nSPS) is 18.7. The van der Waals surface area contributed by atoms with Crippen LogP contribution in [0, 0.1) is 11.7 Å². The van der Waals surface area contributed by atoms with Crippen molar-refractivity contribution >= 4 is 66.7 Å². The zero-order chi connectivity index (χ0) is 51.8. The fourth-order valence-electron chi connectivity index (χ4n) is 8.94. The van der Waals surface area contributed by atoms with E-state index in [1.165, 1.54) is 29.2 Å². The number of halogens is 2. The van der Waals surface area contributed by atoms with Gasteiger partial charge in [0.1, 0.15) is 33.0 Å². The van der Waals surface area contributed by atoms with Gasteiger partial charge in [-0.2, -0.15) is 8.42 Å². The molecule has 0 radical (unpaired) electrons. The lowest BCUT2D eigenvalue weighted by Gasteiger charge is -2.28. The van der Waals surface area contributed by atoms with Crippen LogP contribution in [0.1, 0.15) is 111 Å². The number of ether oxygens (including phenoxy) is 1. The second kappa shape index (κ2) is 23.0. The Balaban J connectivity index is 1.20. The Bertz CT molecular complexity index is 2730. The number of nitrogens with two attached hydrogens (primary N) is 1. The number of rotatable bonds is 20. The summed E-state index contributed by atoms with van der Waals surface area (Å²) in [6.07, 6.45) is 12.4. The molecule has 18 heteroatoms. The molecule has 5 rings (SSSR count). The van der Waals surface area contributed by atoms with Gasteiger partial charge in [-0.3, -0.25) is 19.0 Å². The monoisotopic (exact) mass is 1030 g/mol. The quantitative estimate of drug-likeness (QED) is 0.0240. The Hall–Kier alpha value is -5.04. The average molecular weight is 1030 g/mol. The van der Waals surface area contributed by atoms with Gasteiger partial charge in [-0.05, 0) is 119 Å². The molecule has 0 bridgehead atoms. The molecular weight excluding hydrogens is 957 g/mol. The first kappa shape index (κ1) is 55.9. The van der Waals surface area contributed by atoms with Gasteiger partial charge in [0.2, 0.25) is 11.8 Å². The largest absolute Gasteiger partial charge is 0.444 e. The minimum atomic E-state index is -4.45. The third kappa shape index (κ3) is 14.5. The Morgan fingerprint density at radius 2 is 1.69 bits per heavy atom. The van der Waals surface area contributed by atoms with E-state index < -0.39 is 54.8 Å². The maximum absolute atomic E-state index is 14.5. The maximum Gasteiger partial charge on any atom is 0.410 e. The molecule has 6 N–H and O–H groups in total. The Kier molecular flexibility index (Phi) is 18.4. The first-order chi connectivity index (χ1) is 32.6. The number of anilines is 1. The number of quaternary nitrogens is 1. The molecular formula is C52H70ClFN5O9S2+. The molecule has 0 aliphatic carbocycles. The summed E-state index contributed by atoms with van der Waals surface area (Å²) in [5, 5.41) is 7.73. The average Bonchev–Trinajstić information content (AvgIpc) is 3.79. The van der Waals surface area contributed by atoms with Gasteiger partial charge >= 0.3 is 6.09 Å². The summed E-state index contributed by atoms with van der Waals surface area (Å²) in [6.45, 7) is 17.1. The van der Waals surface area contributed by atoms with E-state index in [0.29, 0.717) is 32.2 Å². The van der Waals surface area contributed by atoms with Crippen molar-refractivity contribution in [2.45, 2.75) is 133 Å². The number of allylic oxidation sites excluding steroid dienone is 6. The van der Waals surface area contributed by atoms with Gasteiger partial charge in [0.25, 0.3) is 10.1 Å². The van der Waals surface area contributed by atoms with Crippen molar-refractivity contribution in [1.82, 2.24) is 15.5 Å². The molecule has 3 amide bonds. The SMILES string of the molecule is C=S(=O)(O)c1ccc([NH2+]CC)c(C(C)(C)C/C=C/C=C/C=C2/N(CCCCCC(=O)NCC3CC(C(=O)NCc4cccc(Cl)c4F)N(C(=O)OC(C)(C)C)C3)c3ccc(S(=O)(=O)O)cc3C2(C)C)c1. The molecule has 14 nitrogen and oxygen atoms in total.